The third-order valence-electron chi connectivity index (χ3n) is 4.54. The first-order valence-electron chi connectivity index (χ1n) is 8.64. The van der Waals surface area contributed by atoms with Crippen LogP contribution in [0.4, 0.5) is 0 Å². The Bertz CT molecular complexity index is 1470. The number of hydrogen-bond donors (Lipinski definition) is 2. The van der Waals surface area contributed by atoms with Crippen molar-refractivity contribution in [1.82, 2.24) is 0 Å². The van der Waals surface area contributed by atoms with Crippen LogP contribution in [0, 0.1) is 6.07 Å². The number of benzene rings is 3. The standard InChI is InChI=1S/C20H15O10S2.Na/c1-29-19(21)14-10-15(31(23,24)25)16(17(20(22)30-2)18(14)32(26,27)28)13-9-5-7-11-6-3-4-8-12(11)13;/h3-7,9-10H,1-2H3,(H,23,24,25)(H,26,27,28);/q-1;+1. The van der Waals surface area contributed by atoms with Crippen LogP contribution in [0.5, 0.6) is 0 Å². The van der Waals surface area contributed by atoms with Gasteiger partial charge < -0.3 is 9.47 Å². The summed E-state index contributed by atoms with van der Waals surface area (Å²) in [6.45, 7) is 0. The van der Waals surface area contributed by atoms with E-state index < -0.39 is 58.7 Å². The third-order valence-corrected chi connectivity index (χ3v) is 6.36. The zero-order chi connectivity index (χ0) is 23.8. The SMILES string of the molecule is COC(=O)c1cc(S(=O)(=O)O)c(-c2cccc3ccc[c-]c23)c(C(=O)OC)c1S(=O)(=O)O.[Na+]. The molecule has 0 aliphatic carbocycles. The molecule has 33 heavy (non-hydrogen) atoms. The maximum atomic E-state index is 12.7. The molecule has 3 aromatic rings. The molecule has 2 N–H and O–H groups in total. The van der Waals surface area contributed by atoms with E-state index in [1.54, 1.807) is 18.2 Å². The predicted molar refractivity (Wildman–Crippen MR) is 111 cm³/mol. The molecule has 0 bridgehead atoms. The molecule has 0 amide bonds. The van der Waals surface area contributed by atoms with E-state index >= 15 is 0 Å². The normalized spacial score (nSPS) is 11.5. The largest absolute Gasteiger partial charge is 1.00 e. The minimum absolute atomic E-state index is 0. The van der Waals surface area contributed by atoms with Crippen molar-refractivity contribution in [3.8, 4) is 11.1 Å². The molecule has 0 fully saturated rings. The smallest absolute Gasteiger partial charge is 0.465 e. The Morgan fingerprint density at radius 2 is 1.52 bits per heavy atom. The van der Waals surface area contributed by atoms with Gasteiger partial charge in [-0.15, -0.1) is 35.0 Å². The van der Waals surface area contributed by atoms with Gasteiger partial charge in [-0.05, 0) is 11.6 Å². The summed E-state index contributed by atoms with van der Waals surface area (Å²) in [5, 5.41) is 0.796. The summed E-state index contributed by atoms with van der Waals surface area (Å²) in [4.78, 5) is 22.8. The topological polar surface area (TPSA) is 161 Å². The molecule has 0 unspecified atom stereocenters. The van der Waals surface area contributed by atoms with Crippen LogP contribution in [0.3, 0.4) is 0 Å². The molecule has 0 spiro atoms. The van der Waals surface area contributed by atoms with Crippen LogP contribution in [0.1, 0.15) is 20.7 Å². The number of carbonyl (C=O) groups excluding carboxylic acids is 2. The van der Waals surface area contributed by atoms with Gasteiger partial charge in [0.1, 0.15) is 4.90 Å². The second-order valence-electron chi connectivity index (χ2n) is 6.37. The van der Waals surface area contributed by atoms with Crippen molar-refractivity contribution in [2.45, 2.75) is 9.79 Å². The maximum Gasteiger partial charge on any atom is 1.00 e. The Kier molecular flexibility index (Phi) is 8.07. The van der Waals surface area contributed by atoms with Gasteiger partial charge in [-0.3, -0.25) is 9.11 Å². The molecule has 0 saturated carbocycles. The summed E-state index contributed by atoms with van der Waals surface area (Å²) in [5.41, 5.74) is -2.60. The van der Waals surface area contributed by atoms with Crippen LogP contribution in [0.25, 0.3) is 21.9 Å². The second-order valence-corrected chi connectivity index (χ2v) is 9.12. The third kappa shape index (κ3) is 5.11. The number of methoxy groups -OCH3 is 2. The maximum absolute atomic E-state index is 12.7. The van der Waals surface area contributed by atoms with Crippen molar-refractivity contribution in [3.05, 3.63) is 59.7 Å². The van der Waals surface area contributed by atoms with Gasteiger partial charge in [-0.1, -0.05) is 23.8 Å². The van der Waals surface area contributed by atoms with E-state index in [1.807, 2.05) is 0 Å². The summed E-state index contributed by atoms with van der Waals surface area (Å²) < 4.78 is 77.9. The van der Waals surface area contributed by atoms with Crippen molar-refractivity contribution in [3.63, 3.8) is 0 Å². The van der Waals surface area contributed by atoms with Crippen LogP contribution in [-0.2, 0) is 29.7 Å². The minimum Gasteiger partial charge on any atom is -0.465 e. The van der Waals surface area contributed by atoms with Gasteiger partial charge in [0.15, 0.2) is 0 Å². The van der Waals surface area contributed by atoms with Crippen LogP contribution in [0.15, 0.2) is 52.3 Å². The molecular weight excluding hydrogens is 487 g/mol. The Morgan fingerprint density at radius 1 is 0.909 bits per heavy atom. The van der Waals surface area contributed by atoms with Crippen LogP contribution >= 0.6 is 0 Å². The summed E-state index contributed by atoms with van der Waals surface area (Å²) in [5.74, 6) is -2.78. The molecule has 10 nitrogen and oxygen atoms in total. The van der Waals surface area contributed by atoms with E-state index in [1.165, 1.54) is 18.2 Å². The predicted octanol–water partition coefficient (Wildman–Crippen LogP) is -0.622. The summed E-state index contributed by atoms with van der Waals surface area (Å²) >= 11 is 0. The van der Waals surface area contributed by atoms with Gasteiger partial charge in [-0.25, -0.2) is 9.59 Å². The first-order valence-corrected chi connectivity index (χ1v) is 11.5. The van der Waals surface area contributed by atoms with Gasteiger partial charge in [0.25, 0.3) is 20.2 Å². The molecule has 0 radical (unpaired) electrons. The van der Waals surface area contributed by atoms with Crippen LogP contribution in [-0.4, -0.2) is 52.1 Å². The molecule has 3 rings (SSSR count). The van der Waals surface area contributed by atoms with E-state index in [0.717, 1.165) is 14.2 Å². The average Bonchev–Trinajstić information content (AvgIpc) is 2.74. The molecule has 0 saturated heterocycles. The monoisotopic (exact) mass is 502 g/mol. The van der Waals surface area contributed by atoms with E-state index in [4.69, 9.17) is 0 Å². The molecule has 168 valence electrons. The molecule has 0 aliphatic heterocycles. The number of esters is 2. The van der Waals surface area contributed by atoms with Gasteiger partial charge in [0, 0.05) is 0 Å². The van der Waals surface area contributed by atoms with Crippen molar-refractivity contribution in [2.75, 3.05) is 14.2 Å². The molecule has 0 aromatic heterocycles. The van der Waals surface area contributed by atoms with Crippen molar-refractivity contribution < 1.29 is 74.6 Å². The van der Waals surface area contributed by atoms with Crippen molar-refractivity contribution >= 4 is 42.9 Å². The van der Waals surface area contributed by atoms with E-state index in [9.17, 15) is 35.5 Å². The van der Waals surface area contributed by atoms with Gasteiger partial charge in [0.2, 0.25) is 0 Å². The Labute approximate surface area is 211 Å². The number of rotatable bonds is 5. The second kappa shape index (κ2) is 9.89. The summed E-state index contributed by atoms with van der Waals surface area (Å²) in [6, 6.07) is 12.6. The first kappa shape index (κ1) is 26.9. The first-order chi connectivity index (χ1) is 14.9. The number of hydrogen-bond acceptors (Lipinski definition) is 8. The zero-order valence-corrected chi connectivity index (χ0v) is 21.2. The van der Waals surface area contributed by atoms with E-state index in [0.29, 0.717) is 11.5 Å². The summed E-state index contributed by atoms with van der Waals surface area (Å²) in [7, 11) is -8.70. The van der Waals surface area contributed by atoms with Gasteiger partial charge in [0.05, 0.1) is 30.2 Å². The molecule has 0 heterocycles. The fourth-order valence-electron chi connectivity index (χ4n) is 3.30. The van der Waals surface area contributed by atoms with E-state index in [2.05, 4.69) is 15.5 Å². The molecule has 13 heteroatoms. The van der Waals surface area contributed by atoms with Gasteiger partial charge >= 0.3 is 41.5 Å². The summed E-state index contributed by atoms with van der Waals surface area (Å²) in [6.07, 6.45) is 0. The quantitative estimate of drug-likeness (QED) is 0.199. The fourth-order valence-corrected chi connectivity index (χ4v) is 4.90. The van der Waals surface area contributed by atoms with Crippen LogP contribution in [0.2, 0.25) is 0 Å². The number of fused-ring (bicyclic) bond motifs is 1. The number of carbonyl (C=O) groups is 2. The number of ether oxygens (including phenoxy) is 2. The molecular formula is C20H15NaO10S2. The Hall–Kier alpha value is -2.32. The molecule has 0 atom stereocenters. The zero-order valence-electron chi connectivity index (χ0n) is 17.5. The van der Waals surface area contributed by atoms with Gasteiger partial charge in [-0.2, -0.15) is 16.8 Å². The van der Waals surface area contributed by atoms with Crippen molar-refractivity contribution in [1.29, 1.82) is 0 Å². The fraction of sp³-hybridized carbons (Fsp3) is 0.100. The average molecular weight is 502 g/mol. The van der Waals surface area contributed by atoms with Crippen molar-refractivity contribution in [2.24, 2.45) is 0 Å². The van der Waals surface area contributed by atoms with E-state index in [-0.39, 0.29) is 40.5 Å². The molecule has 0 aliphatic rings. The Morgan fingerprint density at radius 3 is 2.06 bits per heavy atom. The Balaban J connectivity index is 0.00000385. The van der Waals surface area contributed by atoms with Crippen LogP contribution < -0.4 is 29.6 Å². The minimum atomic E-state index is -5.31. The molecule has 3 aromatic carbocycles.